The fourth-order valence-corrected chi connectivity index (χ4v) is 3.77. The lowest BCUT2D eigenvalue weighted by Crippen LogP contribution is -2.37. The van der Waals surface area contributed by atoms with E-state index in [2.05, 4.69) is 15.5 Å². The number of nitrogens with zero attached hydrogens (tertiary/aromatic N) is 3. The van der Waals surface area contributed by atoms with Crippen molar-refractivity contribution in [2.75, 3.05) is 19.0 Å². The normalized spacial score (nSPS) is 12.8. The van der Waals surface area contributed by atoms with Gasteiger partial charge in [0.2, 0.25) is 11.0 Å². The lowest BCUT2D eigenvalue weighted by Gasteiger charge is -2.12. The van der Waals surface area contributed by atoms with Crippen LogP contribution in [0.25, 0.3) is 0 Å². The van der Waals surface area contributed by atoms with Crippen molar-refractivity contribution in [2.45, 2.75) is 6.42 Å². The lowest BCUT2D eigenvalue weighted by atomic mass is 10.1. The maximum absolute atomic E-state index is 12.3. The highest BCUT2D eigenvalue weighted by molar-refractivity contribution is 7.15. The number of carbonyl (C=O) groups excluding carboxylic acids is 3. The fourth-order valence-electron chi connectivity index (χ4n) is 2.98. The van der Waals surface area contributed by atoms with Crippen LogP contribution in [-0.2, 0) is 11.2 Å². The Morgan fingerprint density at radius 1 is 1.03 bits per heavy atom. The number of methoxy groups -OCH3 is 1. The maximum atomic E-state index is 12.3. The summed E-state index contributed by atoms with van der Waals surface area (Å²) in [6.45, 7) is -0.375. The van der Waals surface area contributed by atoms with Crippen molar-refractivity contribution < 1.29 is 19.1 Å². The number of amides is 3. The Labute approximate surface area is 170 Å². The van der Waals surface area contributed by atoms with Gasteiger partial charge >= 0.3 is 0 Å². The molecule has 2 aromatic carbocycles. The Hall–Kier alpha value is -3.59. The van der Waals surface area contributed by atoms with Crippen molar-refractivity contribution >= 4 is 34.2 Å². The summed E-state index contributed by atoms with van der Waals surface area (Å²) in [4.78, 5) is 37.9. The molecule has 0 aliphatic carbocycles. The van der Waals surface area contributed by atoms with Gasteiger partial charge in [0.15, 0.2) is 0 Å². The average Bonchev–Trinajstić information content (AvgIpc) is 3.26. The SMILES string of the molecule is COc1ccc(Cc2nnc(NC(=O)CN3C(=O)c4ccccc4C3=O)s2)cc1. The van der Waals surface area contributed by atoms with Gasteiger partial charge in [0.1, 0.15) is 17.3 Å². The number of anilines is 1. The number of benzene rings is 2. The van der Waals surface area contributed by atoms with E-state index in [9.17, 15) is 14.4 Å². The Kier molecular flexibility index (Phi) is 5.05. The molecule has 29 heavy (non-hydrogen) atoms. The summed E-state index contributed by atoms with van der Waals surface area (Å²) in [5.41, 5.74) is 1.65. The van der Waals surface area contributed by atoms with Crippen molar-refractivity contribution in [3.63, 3.8) is 0 Å². The number of hydrogen-bond donors (Lipinski definition) is 1. The van der Waals surface area contributed by atoms with Gasteiger partial charge < -0.3 is 4.74 Å². The first-order valence-corrected chi connectivity index (χ1v) is 9.57. The first-order valence-electron chi connectivity index (χ1n) is 8.75. The second-order valence-electron chi connectivity index (χ2n) is 6.32. The Morgan fingerprint density at radius 3 is 2.31 bits per heavy atom. The van der Waals surface area contributed by atoms with Crippen LogP contribution in [0, 0.1) is 0 Å². The molecule has 4 rings (SSSR count). The first kappa shape index (κ1) is 18.8. The number of fused-ring (bicyclic) bond motifs is 1. The zero-order chi connectivity index (χ0) is 20.4. The Morgan fingerprint density at radius 2 is 1.69 bits per heavy atom. The summed E-state index contributed by atoms with van der Waals surface area (Å²) in [7, 11) is 1.61. The molecule has 0 unspecified atom stereocenters. The van der Waals surface area contributed by atoms with Gasteiger partial charge in [-0.3, -0.25) is 24.6 Å². The molecule has 0 saturated carbocycles. The summed E-state index contributed by atoms with van der Waals surface area (Å²) in [6, 6.07) is 14.1. The highest BCUT2D eigenvalue weighted by Gasteiger charge is 2.36. The van der Waals surface area contributed by atoms with E-state index in [1.165, 1.54) is 11.3 Å². The van der Waals surface area contributed by atoms with Gasteiger partial charge in [-0.1, -0.05) is 35.6 Å². The van der Waals surface area contributed by atoms with Gasteiger partial charge in [-0.15, -0.1) is 10.2 Å². The van der Waals surface area contributed by atoms with Gasteiger partial charge in [-0.2, -0.15) is 0 Å². The number of rotatable bonds is 6. The number of imide groups is 1. The van der Waals surface area contributed by atoms with E-state index in [-0.39, 0.29) is 6.54 Å². The standard InChI is InChI=1S/C20H16N4O4S/c1-28-13-8-6-12(7-9-13)10-17-22-23-20(29-17)21-16(25)11-24-18(26)14-4-2-3-5-15(14)19(24)27/h2-9H,10-11H2,1H3,(H,21,23,25). The monoisotopic (exact) mass is 408 g/mol. The fraction of sp³-hybridized carbons (Fsp3) is 0.150. The van der Waals surface area contributed by atoms with Crippen molar-refractivity contribution in [1.29, 1.82) is 0 Å². The number of nitrogens with one attached hydrogen (secondary N) is 1. The largest absolute Gasteiger partial charge is 0.497 e. The van der Waals surface area contributed by atoms with E-state index in [1.54, 1.807) is 31.4 Å². The van der Waals surface area contributed by atoms with E-state index < -0.39 is 17.7 Å². The summed E-state index contributed by atoms with van der Waals surface area (Å²) in [5.74, 6) is -0.685. The third-order valence-corrected chi connectivity index (χ3v) is 5.25. The molecule has 0 bridgehead atoms. The number of carbonyl (C=O) groups is 3. The Balaban J connectivity index is 1.37. The van der Waals surface area contributed by atoms with Crippen LogP contribution < -0.4 is 10.1 Å². The average molecular weight is 408 g/mol. The van der Waals surface area contributed by atoms with E-state index in [0.717, 1.165) is 21.2 Å². The van der Waals surface area contributed by atoms with Gasteiger partial charge in [-0.25, -0.2) is 0 Å². The van der Waals surface area contributed by atoms with Gasteiger partial charge in [0.05, 0.1) is 18.2 Å². The molecular formula is C20H16N4O4S. The van der Waals surface area contributed by atoms with E-state index in [4.69, 9.17) is 4.74 Å². The molecule has 0 spiro atoms. The molecule has 0 saturated heterocycles. The molecule has 3 aromatic rings. The van der Waals surface area contributed by atoms with Crippen molar-refractivity contribution in [3.05, 3.63) is 70.2 Å². The molecule has 0 fully saturated rings. The summed E-state index contributed by atoms with van der Waals surface area (Å²) >= 11 is 1.24. The Bertz CT molecular complexity index is 1060. The zero-order valence-electron chi connectivity index (χ0n) is 15.4. The molecule has 1 aliphatic rings. The molecule has 1 N–H and O–H groups in total. The van der Waals surface area contributed by atoms with E-state index in [0.29, 0.717) is 22.7 Å². The minimum absolute atomic E-state index is 0.308. The van der Waals surface area contributed by atoms with Crippen molar-refractivity contribution in [1.82, 2.24) is 15.1 Å². The minimum atomic E-state index is -0.508. The lowest BCUT2D eigenvalue weighted by molar-refractivity contribution is -0.116. The number of ether oxygens (including phenoxy) is 1. The molecule has 0 radical (unpaired) electrons. The van der Waals surface area contributed by atoms with Crippen LogP contribution >= 0.6 is 11.3 Å². The van der Waals surface area contributed by atoms with Crippen molar-refractivity contribution in [3.8, 4) is 5.75 Å². The molecule has 9 heteroatoms. The van der Waals surface area contributed by atoms with E-state index in [1.807, 2.05) is 24.3 Å². The molecule has 1 aliphatic heterocycles. The molecular weight excluding hydrogens is 392 g/mol. The molecule has 8 nitrogen and oxygen atoms in total. The maximum Gasteiger partial charge on any atom is 0.262 e. The quantitative estimate of drug-likeness (QED) is 0.629. The second-order valence-corrected chi connectivity index (χ2v) is 7.38. The van der Waals surface area contributed by atoms with Crippen LogP contribution in [0.15, 0.2) is 48.5 Å². The first-order chi connectivity index (χ1) is 14.0. The van der Waals surface area contributed by atoms with Gasteiger partial charge in [0, 0.05) is 6.42 Å². The predicted molar refractivity (Wildman–Crippen MR) is 106 cm³/mol. The molecule has 1 aromatic heterocycles. The third kappa shape index (κ3) is 3.85. The van der Waals surface area contributed by atoms with Crippen LogP contribution in [0.5, 0.6) is 5.75 Å². The van der Waals surface area contributed by atoms with Crippen LogP contribution in [-0.4, -0.2) is 46.5 Å². The molecule has 146 valence electrons. The smallest absolute Gasteiger partial charge is 0.262 e. The minimum Gasteiger partial charge on any atom is -0.497 e. The summed E-state index contributed by atoms with van der Waals surface area (Å²) in [6.07, 6.45) is 0.565. The third-order valence-electron chi connectivity index (χ3n) is 4.41. The topological polar surface area (TPSA) is 101 Å². The number of hydrogen-bond acceptors (Lipinski definition) is 7. The van der Waals surface area contributed by atoms with Gasteiger partial charge in [0.25, 0.3) is 11.8 Å². The predicted octanol–water partition coefficient (Wildman–Crippen LogP) is 2.37. The van der Waals surface area contributed by atoms with E-state index >= 15 is 0 Å². The summed E-state index contributed by atoms with van der Waals surface area (Å²) < 4.78 is 5.13. The molecule has 3 amide bonds. The van der Waals surface area contributed by atoms with Crippen LogP contribution in [0.1, 0.15) is 31.3 Å². The highest BCUT2D eigenvalue weighted by atomic mass is 32.1. The zero-order valence-corrected chi connectivity index (χ0v) is 16.2. The number of aromatic nitrogens is 2. The molecule has 2 heterocycles. The van der Waals surface area contributed by atoms with Crippen LogP contribution in [0.4, 0.5) is 5.13 Å². The van der Waals surface area contributed by atoms with Gasteiger partial charge in [-0.05, 0) is 29.8 Å². The van der Waals surface area contributed by atoms with Crippen LogP contribution in [0.2, 0.25) is 0 Å². The second kappa shape index (κ2) is 7.80. The molecule has 0 atom stereocenters. The van der Waals surface area contributed by atoms with Crippen molar-refractivity contribution in [2.24, 2.45) is 0 Å². The van der Waals surface area contributed by atoms with Crippen LogP contribution in [0.3, 0.4) is 0 Å². The highest BCUT2D eigenvalue weighted by Crippen LogP contribution is 2.23. The summed E-state index contributed by atoms with van der Waals surface area (Å²) in [5, 5.41) is 11.7.